The van der Waals surface area contributed by atoms with Gasteiger partial charge in [0.2, 0.25) is 0 Å². The van der Waals surface area contributed by atoms with Crippen LogP contribution in [0.4, 0.5) is 10.1 Å². The Balaban J connectivity index is 1.94. The SMILES string of the molecule is CC1=NN(c2ccc(F)cc2)C(=O)/C1=C/c1ccc(O)c(O)c1. The second-order valence-corrected chi connectivity index (χ2v) is 5.08. The third-order valence-electron chi connectivity index (χ3n) is 3.44. The summed E-state index contributed by atoms with van der Waals surface area (Å²) in [6.07, 6.45) is 1.57. The smallest absolute Gasteiger partial charge is 0.280 e. The van der Waals surface area contributed by atoms with E-state index in [0.717, 1.165) is 0 Å². The molecule has 2 N–H and O–H groups in total. The van der Waals surface area contributed by atoms with Crippen LogP contribution in [0.25, 0.3) is 6.08 Å². The first-order valence-corrected chi connectivity index (χ1v) is 6.85. The number of halogens is 1. The highest BCUT2D eigenvalue weighted by molar-refractivity contribution is 6.32. The zero-order chi connectivity index (χ0) is 16.6. The number of amides is 1. The highest BCUT2D eigenvalue weighted by atomic mass is 19.1. The van der Waals surface area contributed by atoms with Gasteiger partial charge in [-0.05, 0) is 55.0 Å². The van der Waals surface area contributed by atoms with Crippen LogP contribution in [0.15, 0.2) is 53.1 Å². The summed E-state index contributed by atoms with van der Waals surface area (Å²) in [5, 5.41) is 24.2. The van der Waals surface area contributed by atoms with Gasteiger partial charge in [0.1, 0.15) is 5.82 Å². The fourth-order valence-corrected chi connectivity index (χ4v) is 2.24. The first-order valence-electron chi connectivity index (χ1n) is 6.85. The fraction of sp³-hybridized carbons (Fsp3) is 0.0588. The van der Waals surface area contributed by atoms with E-state index in [0.29, 0.717) is 22.5 Å². The van der Waals surface area contributed by atoms with Gasteiger partial charge in [0, 0.05) is 0 Å². The standard InChI is InChI=1S/C17H13FN2O3/c1-10-14(8-11-2-7-15(21)16(22)9-11)17(23)20(19-10)13-5-3-12(18)4-6-13/h2-9,21-22H,1H3/b14-8+. The largest absolute Gasteiger partial charge is 0.504 e. The van der Waals surface area contributed by atoms with Crippen molar-refractivity contribution in [2.24, 2.45) is 5.10 Å². The molecule has 0 saturated heterocycles. The third kappa shape index (κ3) is 2.78. The monoisotopic (exact) mass is 312 g/mol. The summed E-state index contributed by atoms with van der Waals surface area (Å²) < 4.78 is 13.0. The van der Waals surface area contributed by atoms with Gasteiger partial charge in [-0.1, -0.05) is 6.07 Å². The summed E-state index contributed by atoms with van der Waals surface area (Å²) in [4.78, 5) is 12.5. The van der Waals surface area contributed by atoms with Gasteiger partial charge in [-0.2, -0.15) is 10.1 Å². The van der Waals surface area contributed by atoms with Crippen molar-refractivity contribution in [3.63, 3.8) is 0 Å². The van der Waals surface area contributed by atoms with Gasteiger partial charge in [-0.15, -0.1) is 0 Å². The normalized spacial score (nSPS) is 16.1. The first-order chi connectivity index (χ1) is 11.0. The predicted octanol–water partition coefficient (Wildman–Crippen LogP) is 3.04. The quantitative estimate of drug-likeness (QED) is 0.661. The molecular weight excluding hydrogens is 299 g/mol. The number of anilines is 1. The van der Waals surface area contributed by atoms with Gasteiger partial charge < -0.3 is 10.2 Å². The second-order valence-electron chi connectivity index (χ2n) is 5.08. The van der Waals surface area contributed by atoms with E-state index in [9.17, 15) is 19.4 Å². The van der Waals surface area contributed by atoms with Crippen molar-refractivity contribution in [1.29, 1.82) is 0 Å². The third-order valence-corrected chi connectivity index (χ3v) is 3.44. The van der Waals surface area contributed by atoms with Crippen molar-refractivity contribution in [1.82, 2.24) is 0 Å². The molecule has 1 aliphatic rings. The molecule has 1 amide bonds. The number of carbonyl (C=O) groups is 1. The molecule has 0 aromatic heterocycles. The summed E-state index contributed by atoms with van der Waals surface area (Å²) in [5.74, 6) is -1.24. The molecule has 23 heavy (non-hydrogen) atoms. The van der Waals surface area contributed by atoms with Crippen LogP contribution in [0.3, 0.4) is 0 Å². The number of carbonyl (C=O) groups excluding carboxylic acids is 1. The molecule has 0 fully saturated rings. The number of phenolic OH excluding ortho intramolecular Hbond substituents is 2. The Labute approximate surface area is 131 Å². The van der Waals surface area contributed by atoms with E-state index >= 15 is 0 Å². The first kappa shape index (κ1) is 14.8. The molecule has 1 aliphatic heterocycles. The molecule has 116 valence electrons. The zero-order valence-corrected chi connectivity index (χ0v) is 12.2. The minimum Gasteiger partial charge on any atom is -0.504 e. The van der Waals surface area contributed by atoms with Gasteiger partial charge in [0.25, 0.3) is 5.91 Å². The molecule has 6 heteroatoms. The lowest BCUT2D eigenvalue weighted by Crippen LogP contribution is -2.21. The topological polar surface area (TPSA) is 73.1 Å². The average Bonchev–Trinajstić information content (AvgIpc) is 2.80. The van der Waals surface area contributed by atoms with Crippen LogP contribution in [-0.2, 0) is 4.79 Å². The van der Waals surface area contributed by atoms with Gasteiger partial charge in [0.05, 0.1) is 17.0 Å². The molecule has 2 aromatic carbocycles. The molecule has 0 spiro atoms. The maximum atomic E-state index is 13.0. The van der Waals surface area contributed by atoms with Crippen LogP contribution in [0.2, 0.25) is 0 Å². The van der Waals surface area contributed by atoms with Crippen molar-refractivity contribution < 1.29 is 19.4 Å². The summed E-state index contributed by atoms with van der Waals surface area (Å²) >= 11 is 0. The molecule has 0 atom stereocenters. The summed E-state index contributed by atoms with van der Waals surface area (Å²) in [7, 11) is 0. The predicted molar refractivity (Wildman–Crippen MR) is 84.7 cm³/mol. The number of aromatic hydroxyl groups is 2. The van der Waals surface area contributed by atoms with Gasteiger partial charge in [-0.3, -0.25) is 4.79 Å². The van der Waals surface area contributed by atoms with Crippen molar-refractivity contribution in [2.75, 3.05) is 5.01 Å². The Hall–Kier alpha value is -3.15. The van der Waals surface area contributed by atoms with Crippen LogP contribution < -0.4 is 5.01 Å². The Bertz CT molecular complexity index is 841. The van der Waals surface area contributed by atoms with E-state index in [1.54, 1.807) is 19.1 Å². The van der Waals surface area contributed by atoms with E-state index in [1.807, 2.05) is 0 Å². The van der Waals surface area contributed by atoms with Crippen molar-refractivity contribution >= 4 is 23.4 Å². The lowest BCUT2D eigenvalue weighted by Gasteiger charge is -2.11. The molecule has 0 bridgehead atoms. The Morgan fingerprint density at radius 2 is 1.78 bits per heavy atom. The van der Waals surface area contributed by atoms with Crippen molar-refractivity contribution in [3.05, 3.63) is 59.4 Å². The van der Waals surface area contributed by atoms with Crippen LogP contribution >= 0.6 is 0 Å². The van der Waals surface area contributed by atoms with Gasteiger partial charge >= 0.3 is 0 Å². The maximum Gasteiger partial charge on any atom is 0.280 e. The van der Waals surface area contributed by atoms with Crippen molar-refractivity contribution in [3.8, 4) is 11.5 Å². The van der Waals surface area contributed by atoms with E-state index in [2.05, 4.69) is 5.10 Å². The van der Waals surface area contributed by atoms with E-state index < -0.39 is 5.82 Å². The number of nitrogens with zero attached hydrogens (tertiary/aromatic N) is 2. The van der Waals surface area contributed by atoms with E-state index in [4.69, 9.17) is 0 Å². The number of benzene rings is 2. The molecule has 1 heterocycles. The Kier molecular flexibility index (Phi) is 3.57. The van der Waals surface area contributed by atoms with Crippen LogP contribution in [-0.4, -0.2) is 21.8 Å². The van der Waals surface area contributed by atoms with E-state index in [-0.39, 0.29) is 17.4 Å². The molecule has 0 saturated carbocycles. The maximum absolute atomic E-state index is 13.0. The Morgan fingerprint density at radius 3 is 2.43 bits per heavy atom. The number of hydrogen-bond acceptors (Lipinski definition) is 4. The van der Waals surface area contributed by atoms with Crippen LogP contribution in [0.1, 0.15) is 12.5 Å². The highest BCUT2D eigenvalue weighted by Gasteiger charge is 2.28. The van der Waals surface area contributed by atoms with Crippen LogP contribution in [0.5, 0.6) is 11.5 Å². The number of hydrazone groups is 1. The highest BCUT2D eigenvalue weighted by Crippen LogP contribution is 2.28. The summed E-state index contributed by atoms with van der Waals surface area (Å²) in [5.41, 5.74) is 1.89. The summed E-state index contributed by atoms with van der Waals surface area (Å²) in [6.45, 7) is 1.69. The molecular formula is C17H13FN2O3. The number of phenols is 2. The molecule has 2 aromatic rings. The lowest BCUT2D eigenvalue weighted by atomic mass is 10.1. The van der Waals surface area contributed by atoms with Crippen molar-refractivity contribution in [2.45, 2.75) is 6.92 Å². The minimum absolute atomic E-state index is 0.233. The molecule has 0 unspecified atom stereocenters. The van der Waals surface area contributed by atoms with Gasteiger partial charge in [0.15, 0.2) is 11.5 Å². The zero-order valence-electron chi connectivity index (χ0n) is 12.2. The molecule has 0 aliphatic carbocycles. The Morgan fingerprint density at radius 1 is 1.09 bits per heavy atom. The second kappa shape index (κ2) is 5.57. The molecule has 5 nitrogen and oxygen atoms in total. The van der Waals surface area contributed by atoms with E-state index in [1.165, 1.54) is 41.4 Å². The number of rotatable bonds is 2. The lowest BCUT2D eigenvalue weighted by molar-refractivity contribution is -0.114. The number of hydrogen-bond donors (Lipinski definition) is 2. The average molecular weight is 312 g/mol. The molecule has 3 rings (SSSR count). The minimum atomic E-state index is -0.392. The summed E-state index contributed by atoms with van der Waals surface area (Å²) in [6, 6.07) is 9.72. The van der Waals surface area contributed by atoms with Crippen LogP contribution in [0, 0.1) is 5.82 Å². The molecule has 0 radical (unpaired) electrons. The fourth-order valence-electron chi connectivity index (χ4n) is 2.24. The van der Waals surface area contributed by atoms with Gasteiger partial charge in [-0.25, -0.2) is 4.39 Å².